The number of amides is 1. The molecule has 0 aromatic rings. The summed E-state index contributed by atoms with van der Waals surface area (Å²) in [5.74, 6) is -0.796. The highest BCUT2D eigenvalue weighted by molar-refractivity contribution is 5.87. The van der Waals surface area contributed by atoms with Crippen molar-refractivity contribution in [2.75, 3.05) is 0 Å². The molecule has 1 amide bonds. The van der Waals surface area contributed by atoms with Crippen molar-refractivity contribution >= 4 is 12.1 Å². The lowest BCUT2D eigenvalue weighted by Gasteiger charge is -2.23. The highest BCUT2D eigenvalue weighted by atomic mass is 16.6. The smallest absolute Gasteiger partial charge is 0.375 e. The van der Waals surface area contributed by atoms with E-state index in [1.165, 1.54) is 0 Å². The van der Waals surface area contributed by atoms with Crippen molar-refractivity contribution in [2.45, 2.75) is 26.8 Å². The first kappa shape index (κ1) is 10.9. The number of rotatable bonds is 1. The quantitative estimate of drug-likeness (QED) is 0.431. The average molecular weight is 174 g/mol. The van der Waals surface area contributed by atoms with Crippen LogP contribution >= 0.6 is 0 Å². The number of carbonyl (C=O) groups excluding carboxylic acids is 2. The number of hydrogen-bond donors (Lipinski definition) is 2. The summed E-state index contributed by atoms with van der Waals surface area (Å²) in [7, 11) is 0. The van der Waals surface area contributed by atoms with Gasteiger partial charge in [0.15, 0.2) is 0 Å². The van der Waals surface area contributed by atoms with E-state index in [0.29, 0.717) is 0 Å². The number of esters is 1. The first-order valence-electron chi connectivity index (χ1n) is 3.52. The second-order valence-corrected chi connectivity index (χ2v) is 3.58. The molecule has 1 unspecified atom stereocenters. The molecule has 0 saturated heterocycles. The van der Waals surface area contributed by atoms with Gasteiger partial charge >= 0.3 is 12.1 Å². The van der Waals surface area contributed by atoms with Gasteiger partial charge in [-0.15, -0.1) is 0 Å². The van der Waals surface area contributed by atoms with Crippen molar-refractivity contribution in [3.05, 3.63) is 0 Å². The van der Waals surface area contributed by atoms with Gasteiger partial charge in [0, 0.05) is 0 Å². The maximum atomic E-state index is 11.0. The molecule has 0 aromatic carbocycles. The summed E-state index contributed by atoms with van der Waals surface area (Å²) < 4.78 is 4.11. The highest BCUT2D eigenvalue weighted by Crippen LogP contribution is 2.17. The van der Waals surface area contributed by atoms with E-state index in [2.05, 4.69) is 10.5 Å². The SMILES string of the molecule is CC(C)(C)C(N)C(=O)OC(N)=O. The Morgan fingerprint density at radius 3 is 2.00 bits per heavy atom. The molecule has 0 rings (SSSR count). The Balaban J connectivity index is 4.21. The van der Waals surface area contributed by atoms with Crippen molar-refractivity contribution < 1.29 is 14.3 Å². The van der Waals surface area contributed by atoms with Gasteiger partial charge in [0.05, 0.1) is 0 Å². The monoisotopic (exact) mass is 174 g/mol. The van der Waals surface area contributed by atoms with Crippen LogP contribution in [0.4, 0.5) is 4.79 Å². The second kappa shape index (κ2) is 3.53. The maximum absolute atomic E-state index is 11.0. The lowest BCUT2D eigenvalue weighted by Crippen LogP contribution is -2.44. The molecule has 0 radical (unpaired) electrons. The molecule has 5 nitrogen and oxygen atoms in total. The Morgan fingerprint density at radius 1 is 1.33 bits per heavy atom. The Bertz CT molecular complexity index is 195. The summed E-state index contributed by atoms with van der Waals surface area (Å²) in [6.07, 6.45) is -1.13. The Labute approximate surface area is 71.0 Å². The second-order valence-electron chi connectivity index (χ2n) is 3.58. The molecule has 0 aliphatic heterocycles. The van der Waals surface area contributed by atoms with Crippen LogP contribution in [0.1, 0.15) is 20.8 Å². The van der Waals surface area contributed by atoms with Crippen molar-refractivity contribution in [3.63, 3.8) is 0 Å². The molecule has 0 aromatic heterocycles. The van der Waals surface area contributed by atoms with Crippen LogP contribution in [0, 0.1) is 5.41 Å². The van der Waals surface area contributed by atoms with Crippen LogP contribution in [0.5, 0.6) is 0 Å². The molecular formula is C7H14N2O3. The third kappa shape index (κ3) is 3.34. The Morgan fingerprint density at radius 2 is 1.75 bits per heavy atom. The fraction of sp³-hybridized carbons (Fsp3) is 0.714. The molecule has 12 heavy (non-hydrogen) atoms. The van der Waals surface area contributed by atoms with Gasteiger partial charge in [-0.2, -0.15) is 0 Å². The lowest BCUT2D eigenvalue weighted by molar-refractivity contribution is -0.141. The maximum Gasteiger partial charge on any atom is 0.412 e. The fourth-order valence-electron chi connectivity index (χ4n) is 0.516. The van der Waals surface area contributed by atoms with E-state index < -0.39 is 23.5 Å². The number of primary amides is 1. The predicted octanol–water partition coefficient (Wildman–Crippen LogP) is -0.0183. The fourth-order valence-corrected chi connectivity index (χ4v) is 0.516. The van der Waals surface area contributed by atoms with E-state index in [1.807, 2.05) is 0 Å². The van der Waals surface area contributed by atoms with Crippen LogP contribution in [0.25, 0.3) is 0 Å². The number of ether oxygens (including phenoxy) is 1. The van der Waals surface area contributed by atoms with E-state index in [1.54, 1.807) is 20.8 Å². The van der Waals surface area contributed by atoms with Gasteiger partial charge in [0.1, 0.15) is 6.04 Å². The largest absolute Gasteiger partial charge is 0.412 e. The van der Waals surface area contributed by atoms with Crippen LogP contribution in [-0.2, 0) is 9.53 Å². The Kier molecular flexibility index (Phi) is 3.21. The van der Waals surface area contributed by atoms with Crippen molar-refractivity contribution in [2.24, 2.45) is 16.9 Å². The molecule has 4 N–H and O–H groups in total. The molecule has 0 aliphatic rings. The zero-order valence-corrected chi connectivity index (χ0v) is 7.46. The molecule has 5 heteroatoms. The van der Waals surface area contributed by atoms with Gasteiger partial charge in [-0.25, -0.2) is 9.59 Å². The first-order valence-corrected chi connectivity index (χ1v) is 3.52. The molecular weight excluding hydrogens is 160 g/mol. The third-order valence-electron chi connectivity index (χ3n) is 1.39. The van der Waals surface area contributed by atoms with E-state index in [4.69, 9.17) is 5.73 Å². The predicted molar refractivity (Wildman–Crippen MR) is 43.1 cm³/mol. The average Bonchev–Trinajstić information content (AvgIpc) is 1.82. The summed E-state index contributed by atoms with van der Waals surface area (Å²) in [5, 5.41) is 0. The summed E-state index contributed by atoms with van der Waals surface area (Å²) in [5.41, 5.74) is 9.66. The number of hydrogen-bond acceptors (Lipinski definition) is 4. The van der Waals surface area contributed by atoms with E-state index in [-0.39, 0.29) is 0 Å². The van der Waals surface area contributed by atoms with Crippen LogP contribution in [0.3, 0.4) is 0 Å². The summed E-state index contributed by atoms with van der Waals surface area (Å²) >= 11 is 0. The van der Waals surface area contributed by atoms with Crippen molar-refractivity contribution in [1.82, 2.24) is 0 Å². The van der Waals surface area contributed by atoms with Crippen LogP contribution in [-0.4, -0.2) is 18.1 Å². The summed E-state index contributed by atoms with van der Waals surface area (Å²) in [6.45, 7) is 5.29. The summed E-state index contributed by atoms with van der Waals surface area (Å²) in [4.78, 5) is 21.1. The van der Waals surface area contributed by atoms with Crippen LogP contribution < -0.4 is 11.5 Å². The zero-order valence-electron chi connectivity index (χ0n) is 7.46. The minimum atomic E-state index is -1.13. The highest BCUT2D eigenvalue weighted by Gasteiger charge is 2.29. The van der Waals surface area contributed by atoms with Gasteiger partial charge < -0.3 is 16.2 Å². The lowest BCUT2D eigenvalue weighted by atomic mass is 9.87. The minimum Gasteiger partial charge on any atom is -0.375 e. The topological polar surface area (TPSA) is 95.4 Å². The van der Waals surface area contributed by atoms with Gasteiger partial charge in [0.2, 0.25) is 0 Å². The van der Waals surface area contributed by atoms with Crippen molar-refractivity contribution in [1.29, 1.82) is 0 Å². The Hall–Kier alpha value is -1.10. The van der Waals surface area contributed by atoms with Crippen LogP contribution in [0.15, 0.2) is 0 Å². The molecule has 0 bridgehead atoms. The zero-order chi connectivity index (χ0) is 9.94. The van der Waals surface area contributed by atoms with Crippen molar-refractivity contribution in [3.8, 4) is 0 Å². The third-order valence-corrected chi connectivity index (χ3v) is 1.39. The van der Waals surface area contributed by atoms with Gasteiger partial charge in [-0.05, 0) is 5.41 Å². The molecule has 0 aliphatic carbocycles. The molecule has 0 spiro atoms. The van der Waals surface area contributed by atoms with Gasteiger partial charge in [-0.1, -0.05) is 20.8 Å². The summed E-state index contributed by atoms with van der Waals surface area (Å²) in [6, 6.07) is -0.843. The molecule has 0 saturated carbocycles. The molecule has 70 valence electrons. The standard InChI is InChI=1S/C7H14N2O3/c1-7(2,3)4(8)5(10)12-6(9)11/h4H,8H2,1-3H3,(H2,9,11). The minimum absolute atomic E-state index is 0.438. The van der Waals surface area contributed by atoms with E-state index in [9.17, 15) is 9.59 Å². The number of carbonyl (C=O) groups is 2. The van der Waals surface area contributed by atoms with E-state index in [0.717, 1.165) is 0 Å². The van der Waals surface area contributed by atoms with Gasteiger partial charge in [0.25, 0.3) is 0 Å². The van der Waals surface area contributed by atoms with Gasteiger partial charge in [-0.3, -0.25) is 0 Å². The molecule has 0 heterocycles. The number of nitrogens with two attached hydrogens (primary N) is 2. The molecule has 1 atom stereocenters. The first-order chi connectivity index (χ1) is 5.25. The van der Waals surface area contributed by atoms with Crippen LogP contribution in [0.2, 0.25) is 0 Å². The molecule has 0 fully saturated rings. The van der Waals surface area contributed by atoms with E-state index >= 15 is 0 Å². The normalized spacial score (nSPS) is 13.7.